The summed E-state index contributed by atoms with van der Waals surface area (Å²) in [5.74, 6) is -0.545. The minimum atomic E-state index is -0.641. The van der Waals surface area contributed by atoms with Gasteiger partial charge in [-0.05, 0) is 31.6 Å². The van der Waals surface area contributed by atoms with Crippen molar-refractivity contribution in [2.45, 2.75) is 38.6 Å². The highest BCUT2D eigenvalue weighted by Gasteiger charge is 2.26. The van der Waals surface area contributed by atoms with Gasteiger partial charge in [-0.25, -0.2) is 0 Å². The van der Waals surface area contributed by atoms with Gasteiger partial charge >= 0.3 is 0 Å². The number of nitrogens with one attached hydrogen (secondary N) is 1. The van der Waals surface area contributed by atoms with Crippen molar-refractivity contribution in [3.8, 4) is 0 Å². The molecule has 1 heterocycles. The molecule has 1 aliphatic carbocycles. The van der Waals surface area contributed by atoms with E-state index in [2.05, 4.69) is 12.2 Å². The summed E-state index contributed by atoms with van der Waals surface area (Å²) in [6, 6.07) is 0.281. The van der Waals surface area contributed by atoms with Gasteiger partial charge in [0.05, 0.1) is 11.3 Å². The largest absolute Gasteiger partial charge is 0.397 e. The Balaban J connectivity index is 2.24. The van der Waals surface area contributed by atoms with Crippen LogP contribution in [0.1, 0.15) is 52.6 Å². The van der Waals surface area contributed by atoms with E-state index in [1.165, 1.54) is 0 Å². The van der Waals surface area contributed by atoms with Crippen LogP contribution in [-0.2, 0) is 0 Å². The van der Waals surface area contributed by atoms with E-state index in [9.17, 15) is 9.59 Å². The van der Waals surface area contributed by atoms with E-state index in [-0.39, 0.29) is 22.2 Å². The van der Waals surface area contributed by atoms with Gasteiger partial charge in [-0.2, -0.15) is 0 Å². The number of anilines is 2. The van der Waals surface area contributed by atoms with Crippen LogP contribution in [0.4, 0.5) is 10.7 Å². The van der Waals surface area contributed by atoms with E-state index >= 15 is 0 Å². The smallest absolute Gasteiger partial charge is 0.260 e. The Morgan fingerprint density at radius 2 is 1.75 bits per heavy atom. The Bertz CT molecular complexity index is 533. The van der Waals surface area contributed by atoms with Crippen molar-refractivity contribution < 1.29 is 9.59 Å². The number of carbonyl (C=O) groups is 2. The molecule has 6 nitrogen and oxygen atoms in total. The number of hydrogen-bond donors (Lipinski definition) is 4. The van der Waals surface area contributed by atoms with E-state index < -0.39 is 11.8 Å². The molecule has 1 saturated carbocycles. The van der Waals surface area contributed by atoms with Crippen molar-refractivity contribution in [3.63, 3.8) is 0 Å². The molecule has 0 atom stereocenters. The molecular weight excluding hydrogens is 276 g/mol. The maximum absolute atomic E-state index is 11.5. The molecule has 1 aliphatic rings. The summed E-state index contributed by atoms with van der Waals surface area (Å²) in [7, 11) is 0. The summed E-state index contributed by atoms with van der Waals surface area (Å²) in [5, 5.41) is 3.86. The topological polar surface area (TPSA) is 124 Å². The molecule has 2 amide bonds. The first kappa shape index (κ1) is 14.6. The molecule has 1 fully saturated rings. The van der Waals surface area contributed by atoms with Crippen molar-refractivity contribution in [3.05, 3.63) is 10.4 Å². The number of carbonyl (C=O) groups excluding carboxylic acids is 2. The minimum Gasteiger partial charge on any atom is -0.397 e. The summed E-state index contributed by atoms with van der Waals surface area (Å²) >= 11 is 1.11. The molecule has 0 saturated heterocycles. The van der Waals surface area contributed by atoms with Crippen molar-refractivity contribution >= 4 is 33.8 Å². The van der Waals surface area contributed by atoms with Gasteiger partial charge in [0, 0.05) is 6.04 Å². The number of amides is 2. The number of thiophene rings is 1. The van der Waals surface area contributed by atoms with Crippen LogP contribution in [0.25, 0.3) is 0 Å². The van der Waals surface area contributed by atoms with E-state index in [0.717, 1.165) is 42.9 Å². The van der Waals surface area contributed by atoms with Crippen molar-refractivity contribution in [1.29, 1.82) is 0 Å². The minimum absolute atomic E-state index is 0.0849. The van der Waals surface area contributed by atoms with Gasteiger partial charge in [0.2, 0.25) is 0 Å². The van der Waals surface area contributed by atoms with Crippen LogP contribution >= 0.6 is 11.3 Å². The number of hydrogen-bond acceptors (Lipinski definition) is 5. The Hall–Kier alpha value is -1.76. The molecule has 1 aromatic heterocycles. The van der Waals surface area contributed by atoms with Crippen LogP contribution in [0, 0.1) is 5.92 Å². The Labute approximate surface area is 121 Å². The molecule has 7 N–H and O–H groups in total. The second-order valence-electron chi connectivity index (χ2n) is 5.38. The molecule has 1 aromatic rings. The lowest BCUT2D eigenvalue weighted by Crippen LogP contribution is -2.26. The lowest BCUT2D eigenvalue weighted by Gasteiger charge is -2.27. The first-order valence-electron chi connectivity index (χ1n) is 6.68. The fraction of sp³-hybridized carbons (Fsp3) is 0.538. The second kappa shape index (κ2) is 5.70. The maximum Gasteiger partial charge on any atom is 0.260 e. The number of nitrogen functional groups attached to an aromatic ring is 1. The summed E-state index contributed by atoms with van der Waals surface area (Å²) in [5.41, 5.74) is 16.7. The summed E-state index contributed by atoms with van der Waals surface area (Å²) < 4.78 is 0. The third kappa shape index (κ3) is 2.87. The molecule has 2 rings (SSSR count). The predicted molar refractivity (Wildman–Crippen MR) is 80.8 cm³/mol. The van der Waals surface area contributed by atoms with Crippen LogP contribution in [0.2, 0.25) is 0 Å². The standard InChI is InChI=1S/C13H20N4O2S/c1-6-2-4-7(5-3-6)17-13-8(11(15)18)9(14)10(20-13)12(16)19/h6-7,17H,2-5,14H2,1H3,(H2,15,18)(H2,16,19). The van der Waals surface area contributed by atoms with Gasteiger partial charge in [0.1, 0.15) is 9.88 Å². The SMILES string of the molecule is CC1CCC(Nc2sc(C(N)=O)c(N)c2C(N)=O)CC1. The molecule has 7 heteroatoms. The van der Waals surface area contributed by atoms with Crippen molar-refractivity contribution in [2.75, 3.05) is 11.1 Å². The van der Waals surface area contributed by atoms with Crippen LogP contribution in [0.3, 0.4) is 0 Å². The first-order valence-corrected chi connectivity index (χ1v) is 7.50. The highest BCUT2D eigenvalue weighted by molar-refractivity contribution is 7.19. The van der Waals surface area contributed by atoms with Crippen molar-refractivity contribution in [1.82, 2.24) is 0 Å². The van der Waals surface area contributed by atoms with Gasteiger partial charge in [-0.15, -0.1) is 11.3 Å². The van der Waals surface area contributed by atoms with Gasteiger partial charge < -0.3 is 22.5 Å². The predicted octanol–water partition coefficient (Wildman–Crippen LogP) is 1.52. The Morgan fingerprint density at radius 1 is 1.15 bits per heavy atom. The zero-order valence-corrected chi connectivity index (χ0v) is 12.3. The van der Waals surface area contributed by atoms with Crippen LogP contribution in [0.5, 0.6) is 0 Å². The Morgan fingerprint density at radius 3 is 2.25 bits per heavy atom. The van der Waals surface area contributed by atoms with Crippen LogP contribution < -0.4 is 22.5 Å². The number of primary amides is 2. The van der Waals surface area contributed by atoms with Crippen molar-refractivity contribution in [2.24, 2.45) is 17.4 Å². The van der Waals surface area contributed by atoms with Crippen LogP contribution in [0.15, 0.2) is 0 Å². The van der Waals surface area contributed by atoms with E-state index in [4.69, 9.17) is 17.2 Å². The summed E-state index contributed by atoms with van der Waals surface area (Å²) in [6.07, 6.45) is 4.35. The number of rotatable bonds is 4. The molecular formula is C13H20N4O2S. The molecule has 0 bridgehead atoms. The summed E-state index contributed by atoms with van der Waals surface area (Å²) in [6.45, 7) is 2.24. The van der Waals surface area contributed by atoms with Gasteiger partial charge in [0.25, 0.3) is 11.8 Å². The quantitative estimate of drug-likeness (QED) is 0.672. The maximum atomic E-state index is 11.5. The van der Waals surface area contributed by atoms with Gasteiger partial charge in [0.15, 0.2) is 0 Å². The van der Waals surface area contributed by atoms with E-state index in [0.29, 0.717) is 5.00 Å². The lowest BCUT2D eigenvalue weighted by molar-refractivity contribution is 0.0999. The molecule has 0 spiro atoms. The van der Waals surface area contributed by atoms with E-state index in [1.807, 2.05) is 0 Å². The molecule has 110 valence electrons. The zero-order valence-electron chi connectivity index (χ0n) is 11.4. The fourth-order valence-corrected chi connectivity index (χ4v) is 3.62. The average molecular weight is 296 g/mol. The molecule has 0 radical (unpaired) electrons. The van der Waals surface area contributed by atoms with Crippen LogP contribution in [-0.4, -0.2) is 17.9 Å². The highest BCUT2D eigenvalue weighted by atomic mass is 32.1. The monoisotopic (exact) mass is 296 g/mol. The third-order valence-corrected chi connectivity index (χ3v) is 4.92. The highest BCUT2D eigenvalue weighted by Crippen LogP contribution is 2.37. The average Bonchev–Trinajstić information content (AvgIpc) is 2.69. The third-order valence-electron chi connectivity index (χ3n) is 3.77. The lowest BCUT2D eigenvalue weighted by atomic mass is 9.87. The Kier molecular flexibility index (Phi) is 4.17. The van der Waals surface area contributed by atoms with Gasteiger partial charge in [-0.1, -0.05) is 6.92 Å². The zero-order chi connectivity index (χ0) is 14.9. The first-order chi connectivity index (χ1) is 9.40. The fourth-order valence-electron chi connectivity index (χ4n) is 2.56. The second-order valence-corrected chi connectivity index (χ2v) is 6.40. The molecule has 20 heavy (non-hydrogen) atoms. The molecule has 0 unspecified atom stereocenters. The molecule has 0 aromatic carbocycles. The normalized spacial score (nSPS) is 22.4. The van der Waals surface area contributed by atoms with E-state index in [1.54, 1.807) is 0 Å². The summed E-state index contributed by atoms with van der Waals surface area (Å²) in [4.78, 5) is 23.0. The van der Waals surface area contributed by atoms with Gasteiger partial charge in [-0.3, -0.25) is 9.59 Å². The molecule has 0 aliphatic heterocycles. The number of nitrogens with two attached hydrogens (primary N) is 3.